The molecular formula is C21H36O4. The van der Waals surface area contributed by atoms with Crippen LogP contribution in [0.5, 0.6) is 0 Å². The molecule has 0 aromatic carbocycles. The molecule has 0 aliphatic rings. The SMILES string of the molecule is CCCC/C=C/C=C/C=C\CCCCCCCC(=O)OCC(O)CO. The summed E-state index contributed by atoms with van der Waals surface area (Å²) in [5, 5.41) is 17.7. The maximum absolute atomic E-state index is 11.4. The second-order valence-electron chi connectivity index (χ2n) is 6.21. The zero-order chi connectivity index (χ0) is 18.6. The molecule has 0 spiro atoms. The van der Waals surface area contributed by atoms with Gasteiger partial charge in [0.05, 0.1) is 6.61 Å². The first-order chi connectivity index (χ1) is 12.2. The molecule has 0 aromatic heterocycles. The summed E-state index contributed by atoms with van der Waals surface area (Å²) in [6.07, 6.45) is 22.2. The van der Waals surface area contributed by atoms with Gasteiger partial charge in [-0.1, -0.05) is 75.5 Å². The second-order valence-corrected chi connectivity index (χ2v) is 6.21. The lowest BCUT2D eigenvalue weighted by Crippen LogP contribution is -2.21. The molecule has 0 radical (unpaired) electrons. The van der Waals surface area contributed by atoms with Crippen molar-refractivity contribution in [2.75, 3.05) is 13.2 Å². The number of unbranched alkanes of at least 4 members (excludes halogenated alkanes) is 7. The van der Waals surface area contributed by atoms with E-state index < -0.39 is 6.10 Å². The second kappa shape index (κ2) is 18.9. The highest BCUT2D eigenvalue weighted by atomic mass is 16.5. The van der Waals surface area contributed by atoms with Crippen LogP contribution in [0.3, 0.4) is 0 Å². The Labute approximate surface area is 153 Å². The number of aliphatic hydroxyl groups excluding tert-OH is 2. The third-order valence-corrected chi connectivity index (χ3v) is 3.73. The number of hydrogen-bond acceptors (Lipinski definition) is 4. The predicted octanol–water partition coefficient (Wildman–Crippen LogP) is 4.47. The first kappa shape index (κ1) is 23.6. The van der Waals surface area contributed by atoms with Gasteiger partial charge in [-0.05, 0) is 25.7 Å². The van der Waals surface area contributed by atoms with Crippen molar-refractivity contribution in [1.29, 1.82) is 0 Å². The molecule has 0 rings (SSSR count). The van der Waals surface area contributed by atoms with Gasteiger partial charge in [0.25, 0.3) is 0 Å². The summed E-state index contributed by atoms with van der Waals surface area (Å²) >= 11 is 0. The Balaban J connectivity index is 3.38. The van der Waals surface area contributed by atoms with E-state index in [1.165, 1.54) is 25.7 Å². The average molecular weight is 353 g/mol. The number of allylic oxidation sites excluding steroid dienone is 6. The molecule has 1 unspecified atom stereocenters. The van der Waals surface area contributed by atoms with E-state index in [9.17, 15) is 4.79 Å². The fourth-order valence-electron chi connectivity index (χ4n) is 2.18. The summed E-state index contributed by atoms with van der Waals surface area (Å²) in [4.78, 5) is 11.4. The number of ether oxygens (including phenoxy) is 1. The zero-order valence-electron chi connectivity index (χ0n) is 15.7. The summed E-state index contributed by atoms with van der Waals surface area (Å²) in [5.74, 6) is -0.300. The Morgan fingerprint density at radius 2 is 1.52 bits per heavy atom. The molecule has 0 saturated heterocycles. The molecule has 0 aromatic rings. The van der Waals surface area contributed by atoms with Gasteiger partial charge >= 0.3 is 5.97 Å². The number of carbonyl (C=O) groups excluding carboxylic acids is 1. The first-order valence-electron chi connectivity index (χ1n) is 9.63. The summed E-state index contributed by atoms with van der Waals surface area (Å²) in [6.45, 7) is 1.70. The lowest BCUT2D eigenvalue weighted by Gasteiger charge is -2.08. The number of hydrogen-bond donors (Lipinski definition) is 2. The molecule has 144 valence electrons. The zero-order valence-corrected chi connectivity index (χ0v) is 15.7. The van der Waals surface area contributed by atoms with Crippen molar-refractivity contribution in [3.63, 3.8) is 0 Å². The average Bonchev–Trinajstić information content (AvgIpc) is 2.62. The maximum Gasteiger partial charge on any atom is 0.305 e. The third kappa shape index (κ3) is 18.8. The molecule has 0 amide bonds. The highest BCUT2D eigenvalue weighted by Crippen LogP contribution is 2.08. The van der Waals surface area contributed by atoms with Gasteiger partial charge < -0.3 is 14.9 Å². The minimum Gasteiger partial charge on any atom is -0.463 e. The van der Waals surface area contributed by atoms with Crippen LogP contribution >= 0.6 is 0 Å². The highest BCUT2D eigenvalue weighted by molar-refractivity contribution is 5.69. The molecule has 25 heavy (non-hydrogen) atoms. The normalized spacial score (nSPS) is 13.2. The van der Waals surface area contributed by atoms with Crippen molar-refractivity contribution in [3.8, 4) is 0 Å². The van der Waals surface area contributed by atoms with Gasteiger partial charge in [0.15, 0.2) is 0 Å². The van der Waals surface area contributed by atoms with Crippen LogP contribution in [0.2, 0.25) is 0 Å². The smallest absolute Gasteiger partial charge is 0.305 e. The Bertz CT molecular complexity index is 385. The van der Waals surface area contributed by atoms with Crippen molar-refractivity contribution < 1.29 is 19.7 Å². The van der Waals surface area contributed by atoms with Crippen LogP contribution in [0.15, 0.2) is 36.5 Å². The Hall–Kier alpha value is -1.39. The number of esters is 1. The van der Waals surface area contributed by atoms with Crippen molar-refractivity contribution in [2.24, 2.45) is 0 Å². The molecule has 0 heterocycles. The van der Waals surface area contributed by atoms with E-state index in [-0.39, 0.29) is 19.2 Å². The summed E-state index contributed by atoms with van der Waals surface area (Å²) in [5.41, 5.74) is 0. The quantitative estimate of drug-likeness (QED) is 0.244. The summed E-state index contributed by atoms with van der Waals surface area (Å²) in [7, 11) is 0. The maximum atomic E-state index is 11.4. The minimum atomic E-state index is -0.969. The van der Waals surface area contributed by atoms with Gasteiger partial charge in [-0.2, -0.15) is 0 Å². The van der Waals surface area contributed by atoms with Gasteiger partial charge in [-0.25, -0.2) is 0 Å². The van der Waals surface area contributed by atoms with E-state index >= 15 is 0 Å². The molecule has 0 aliphatic heterocycles. The molecule has 4 heteroatoms. The summed E-state index contributed by atoms with van der Waals surface area (Å²) < 4.78 is 4.84. The molecule has 0 fully saturated rings. The molecular weight excluding hydrogens is 316 g/mol. The van der Waals surface area contributed by atoms with Crippen molar-refractivity contribution in [3.05, 3.63) is 36.5 Å². The van der Waals surface area contributed by atoms with Crippen molar-refractivity contribution >= 4 is 5.97 Å². The molecule has 1 atom stereocenters. The van der Waals surface area contributed by atoms with E-state index in [1.807, 2.05) is 0 Å². The van der Waals surface area contributed by atoms with Crippen LogP contribution < -0.4 is 0 Å². The number of aliphatic hydroxyl groups is 2. The molecule has 0 aliphatic carbocycles. The minimum absolute atomic E-state index is 0.120. The standard InChI is InChI=1S/C21H36O4/c1-2-3-4-5-6-7-8-9-10-11-12-13-14-15-16-17-21(24)25-19-20(23)18-22/h5-10,20,22-23H,2-4,11-19H2,1H3/b6-5+,8-7+,10-9-. The number of carbonyl (C=O) groups is 1. The molecule has 0 saturated carbocycles. The van der Waals surface area contributed by atoms with Crippen LogP contribution in [0.25, 0.3) is 0 Å². The molecule has 0 bridgehead atoms. The Morgan fingerprint density at radius 3 is 2.16 bits per heavy atom. The van der Waals surface area contributed by atoms with E-state index in [2.05, 4.69) is 43.4 Å². The lowest BCUT2D eigenvalue weighted by atomic mass is 10.1. The number of rotatable bonds is 16. The van der Waals surface area contributed by atoms with Crippen molar-refractivity contribution in [1.82, 2.24) is 0 Å². The predicted molar refractivity (Wildman–Crippen MR) is 103 cm³/mol. The van der Waals surface area contributed by atoms with E-state index in [1.54, 1.807) is 0 Å². The van der Waals surface area contributed by atoms with Gasteiger partial charge in [-0.3, -0.25) is 4.79 Å². The van der Waals surface area contributed by atoms with Crippen LogP contribution in [0.1, 0.15) is 71.1 Å². The fourth-order valence-corrected chi connectivity index (χ4v) is 2.18. The Morgan fingerprint density at radius 1 is 0.920 bits per heavy atom. The summed E-state index contributed by atoms with van der Waals surface area (Å²) in [6, 6.07) is 0. The largest absolute Gasteiger partial charge is 0.463 e. The van der Waals surface area contributed by atoms with E-state index in [4.69, 9.17) is 14.9 Å². The van der Waals surface area contributed by atoms with Crippen molar-refractivity contribution in [2.45, 2.75) is 77.2 Å². The lowest BCUT2D eigenvalue weighted by molar-refractivity contribution is -0.147. The third-order valence-electron chi connectivity index (χ3n) is 3.73. The van der Waals surface area contributed by atoms with Gasteiger partial charge in [0, 0.05) is 6.42 Å². The van der Waals surface area contributed by atoms with Gasteiger partial charge in [0.2, 0.25) is 0 Å². The molecule has 2 N–H and O–H groups in total. The highest BCUT2D eigenvalue weighted by Gasteiger charge is 2.07. The molecule has 4 nitrogen and oxygen atoms in total. The first-order valence-corrected chi connectivity index (χ1v) is 9.63. The fraction of sp³-hybridized carbons (Fsp3) is 0.667. The topological polar surface area (TPSA) is 66.8 Å². The van der Waals surface area contributed by atoms with E-state index in [0.29, 0.717) is 6.42 Å². The van der Waals surface area contributed by atoms with Crippen LogP contribution in [0.4, 0.5) is 0 Å². The van der Waals surface area contributed by atoms with Crippen LogP contribution in [-0.4, -0.2) is 35.5 Å². The monoisotopic (exact) mass is 352 g/mol. The van der Waals surface area contributed by atoms with Crippen LogP contribution in [-0.2, 0) is 9.53 Å². The van der Waals surface area contributed by atoms with Gasteiger partial charge in [-0.15, -0.1) is 0 Å². The van der Waals surface area contributed by atoms with Gasteiger partial charge in [0.1, 0.15) is 12.7 Å². The van der Waals surface area contributed by atoms with Crippen LogP contribution in [0, 0.1) is 0 Å². The van der Waals surface area contributed by atoms with E-state index in [0.717, 1.165) is 32.1 Å². The Kier molecular flexibility index (Phi) is 17.9.